The first-order valence-electron chi connectivity index (χ1n) is 6.03. The lowest BCUT2D eigenvalue weighted by atomic mass is 10.1. The molecular formula is C13H14N4S. The molecule has 0 unspecified atom stereocenters. The summed E-state index contributed by atoms with van der Waals surface area (Å²) in [6, 6.07) is 3.98. The van der Waals surface area contributed by atoms with Gasteiger partial charge in [0.2, 0.25) is 0 Å². The maximum atomic E-state index is 5.36. The summed E-state index contributed by atoms with van der Waals surface area (Å²) in [5, 5.41) is 3.31. The Morgan fingerprint density at radius 2 is 2.33 bits per heavy atom. The Hall–Kier alpha value is -1.59. The lowest BCUT2D eigenvalue weighted by molar-refractivity contribution is 0.618. The molecule has 0 bridgehead atoms. The quantitative estimate of drug-likeness (QED) is 0.806. The fourth-order valence-corrected chi connectivity index (χ4v) is 2.50. The number of hydrogen-bond acceptors (Lipinski definition) is 4. The molecule has 0 saturated heterocycles. The molecule has 0 fully saturated rings. The van der Waals surface area contributed by atoms with E-state index in [1.807, 2.05) is 18.3 Å². The highest BCUT2D eigenvalue weighted by Gasteiger charge is 2.12. The summed E-state index contributed by atoms with van der Waals surface area (Å²) in [5.41, 5.74) is 3.52. The van der Waals surface area contributed by atoms with Crippen LogP contribution in [0.1, 0.15) is 22.6 Å². The Bertz CT molecular complexity index is 606. The fourth-order valence-electron chi connectivity index (χ4n) is 2.20. The molecule has 3 heterocycles. The Morgan fingerprint density at radius 3 is 3.17 bits per heavy atom. The van der Waals surface area contributed by atoms with Crippen LogP contribution < -0.4 is 5.32 Å². The topological polar surface area (TPSA) is 53.6 Å². The van der Waals surface area contributed by atoms with E-state index in [9.17, 15) is 0 Å². The number of pyridine rings is 1. The Kier molecular flexibility index (Phi) is 3.17. The number of aromatic amines is 1. The molecule has 3 rings (SSSR count). The number of nitrogens with one attached hydrogen (secondary N) is 2. The fraction of sp³-hybridized carbons (Fsp3) is 0.308. The molecule has 0 amide bonds. The van der Waals surface area contributed by atoms with E-state index in [0.717, 1.165) is 47.5 Å². The van der Waals surface area contributed by atoms with Gasteiger partial charge in [-0.15, -0.1) is 0 Å². The molecule has 5 heteroatoms. The van der Waals surface area contributed by atoms with Gasteiger partial charge in [0.25, 0.3) is 0 Å². The van der Waals surface area contributed by atoms with E-state index in [1.54, 1.807) is 6.20 Å². The van der Waals surface area contributed by atoms with Crippen molar-refractivity contribution in [2.45, 2.75) is 19.4 Å². The maximum Gasteiger partial charge on any atom is 0.134 e. The molecule has 0 atom stereocenters. The molecule has 0 spiro atoms. The second kappa shape index (κ2) is 4.96. The number of aromatic nitrogens is 3. The molecule has 0 radical (unpaired) electrons. The van der Waals surface area contributed by atoms with Crippen LogP contribution in [0.5, 0.6) is 0 Å². The van der Waals surface area contributed by atoms with Crippen LogP contribution in [0.25, 0.3) is 0 Å². The van der Waals surface area contributed by atoms with Gasteiger partial charge in [-0.1, -0.05) is 18.3 Å². The highest BCUT2D eigenvalue weighted by atomic mass is 32.1. The van der Waals surface area contributed by atoms with Gasteiger partial charge in [0.05, 0.1) is 0 Å². The van der Waals surface area contributed by atoms with Gasteiger partial charge in [-0.2, -0.15) is 0 Å². The summed E-state index contributed by atoms with van der Waals surface area (Å²) < 4.78 is 0.717. The van der Waals surface area contributed by atoms with Crippen molar-refractivity contribution in [3.63, 3.8) is 0 Å². The van der Waals surface area contributed by atoms with E-state index in [1.165, 1.54) is 5.69 Å². The summed E-state index contributed by atoms with van der Waals surface area (Å²) >= 11 is 5.36. The van der Waals surface area contributed by atoms with Gasteiger partial charge in [-0.3, -0.25) is 4.98 Å². The second-order valence-electron chi connectivity index (χ2n) is 4.41. The normalized spacial score (nSPS) is 14.2. The minimum Gasteiger partial charge on any atom is -0.346 e. The first-order valence-corrected chi connectivity index (χ1v) is 6.44. The summed E-state index contributed by atoms with van der Waals surface area (Å²) in [4.78, 5) is 12.0. The predicted octanol–water partition coefficient (Wildman–Crippen LogP) is 1.77. The molecule has 2 aromatic rings. The van der Waals surface area contributed by atoms with Gasteiger partial charge in [0.15, 0.2) is 0 Å². The maximum absolute atomic E-state index is 5.36. The minimum atomic E-state index is 0.717. The third-order valence-electron chi connectivity index (χ3n) is 3.10. The zero-order valence-corrected chi connectivity index (χ0v) is 10.8. The van der Waals surface area contributed by atoms with Gasteiger partial charge >= 0.3 is 0 Å². The lowest BCUT2D eigenvalue weighted by Gasteiger charge is -2.17. The van der Waals surface area contributed by atoms with Gasteiger partial charge in [0.1, 0.15) is 10.5 Å². The van der Waals surface area contributed by atoms with Gasteiger partial charge in [-0.05, 0) is 11.6 Å². The Balaban J connectivity index is 1.94. The number of fused-ring (bicyclic) bond motifs is 1. The van der Waals surface area contributed by atoms with Crippen LogP contribution in [0.3, 0.4) is 0 Å². The SMILES string of the molecule is S=c1nc(Cc2cccnc2)[nH]c2c1CNCC2. The molecule has 1 aliphatic rings. The minimum absolute atomic E-state index is 0.717. The molecule has 18 heavy (non-hydrogen) atoms. The average molecular weight is 258 g/mol. The summed E-state index contributed by atoms with van der Waals surface area (Å²) in [6.07, 6.45) is 5.37. The highest BCUT2D eigenvalue weighted by molar-refractivity contribution is 7.71. The van der Waals surface area contributed by atoms with Crippen LogP contribution >= 0.6 is 12.2 Å². The molecule has 4 nitrogen and oxygen atoms in total. The van der Waals surface area contributed by atoms with Crippen molar-refractivity contribution in [1.82, 2.24) is 20.3 Å². The van der Waals surface area contributed by atoms with Crippen molar-refractivity contribution in [3.05, 3.63) is 51.8 Å². The molecule has 0 aliphatic carbocycles. The van der Waals surface area contributed by atoms with E-state index in [4.69, 9.17) is 12.2 Å². The zero-order chi connectivity index (χ0) is 12.4. The first-order chi connectivity index (χ1) is 8.83. The molecule has 0 saturated carbocycles. The van der Waals surface area contributed by atoms with Crippen LogP contribution in [0, 0.1) is 4.64 Å². The van der Waals surface area contributed by atoms with E-state index in [-0.39, 0.29) is 0 Å². The second-order valence-corrected chi connectivity index (χ2v) is 4.80. The zero-order valence-electron chi connectivity index (χ0n) is 9.94. The van der Waals surface area contributed by atoms with Crippen LogP contribution in [0.15, 0.2) is 24.5 Å². The van der Waals surface area contributed by atoms with E-state index in [2.05, 4.69) is 20.3 Å². The predicted molar refractivity (Wildman–Crippen MR) is 71.9 cm³/mol. The molecule has 2 aromatic heterocycles. The first kappa shape index (κ1) is 11.5. The lowest BCUT2D eigenvalue weighted by Crippen LogP contribution is -2.26. The van der Waals surface area contributed by atoms with Gasteiger partial charge in [-0.25, -0.2) is 4.98 Å². The number of hydrogen-bond donors (Lipinski definition) is 2. The number of H-pyrrole nitrogens is 1. The molecule has 92 valence electrons. The van der Waals surface area contributed by atoms with Crippen molar-refractivity contribution in [2.75, 3.05) is 6.54 Å². The van der Waals surface area contributed by atoms with Crippen molar-refractivity contribution in [3.8, 4) is 0 Å². The van der Waals surface area contributed by atoms with Crippen molar-refractivity contribution in [1.29, 1.82) is 0 Å². The third kappa shape index (κ3) is 2.32. The van der Waals surface area contributed by atoms with Crippen LogP contribution in [-0.4, -0.2) is 21.5 Å². The molecule has 1 aliphatic heterocycles. The number of rotatable bonds is 2. The monoisotopic (exact) mass is 258 g/mol. The number of nitrogens with zero attached hydrogens (tertiary/aromatic N) is 2. The molecule has 2 N–H and O–H groups in total. The van der Waals surface area contributed by atoms with E-state index in [0.29, 0.717) is 0 Å². The Morgan fingerprint density at radius 1 is 1.39 bits per heavy atom. The molecule has 0 aromatic carbocycles. The highest BCUT2D eigenvalue weighted by Crippen LogP contribution is 2.14. The molecular weight excluding hydrogens is 244 g/mol. The van der Waals surface area contributed by atoms with Crippen LogP contribution in [0.2, 0.25) is 0 Å². The standard InChI is InChI=1S/C13H14N4S/c18-13-10-8-15-5-3-11(10)16-12(17-13)6-9-2-1-4-14-7-9/h1-2,4,7,15H,3,5-6,8H2,(H,16,17,18). The van der Waals surface area contributed by atoms with Crippen molar-refractivity contribution >= 4 is 12.2 Å². The van der Waals surface area contributed by atoms with Crippen LogP contribution in [0.4, 0.5) is 0 Å². The van der Waals surface area contributed by atoms with Crippen molar-refractivity contribution < 1.29 is 0 Å². The Labute approximate surface area is 111 Å². The van der Waals surface area contributed by atoms with Crippen molar-refractivity contribution in [2.24, 2.45) is 0 Å². The smallest absolute Gasteiger partial charge is 0.134 e. The third-order valence-corrected chi connectivity index (χ3v) is 3.44. The largest absolute Gasteiger partial charge is 0.346 e. The van der Waals surface area contributed by atoms with Gasteiger partial charge in [0, 0.05) is 49.6 Å². The van der Waals surface area contributed by atoms with Gasteiger partial charge < -0.3 is 10.3 Å². The summed E-state index contributed by atoms with van der Waals surface area (Å²) in [5.74, 6) is 0.925. The van der Waals surface area contributed by atoms with Crippen LogP contribution in [-0.2, 0) is 19.4 Å². The average Bonchev–Trinajstić information content (AvgIpc) is 2.40. The van der Waals surface area contributed by atoms with E-state index >= 15 is 0 Å². The summed E-state index contributed by atoms with van der Waals surface area (Å²) in [7, 11) is 0. The van der Waals surface area contributed by atoms with E-state index < -0.39 is 0 Å². The summed E-state index contributed by atoms with van der Waals surface area (Å²) in [6.45, 7) is 1.82.